The van der Waals surface area contributed by atoms with Gasteiger partial charge in [0.1, 0.15) is 11.3 Å². The number of benzene rings is 1. The summed E-state index contributed by atoms with van der Waals surface area (Å²) in [5.74, 6) is -0.758. The van der Waals surface area contributed by atoms with Gasteiger partial charge in [-0.05, 0) is 45.4 Å². The molecule has 134 valence electrons. The number of rotatable bonds is 5. The summed E-state index contributed by atoms with van der Waals surface area (Å²) in [7, 11) is 0. The van der Waals surface area contributed by atoms with Crippen molar-refractivity contribution >= 4 is 35.1 Å². The number of nitrogens with one attached hydrogen (secondary N) is 1. The molecule has 0 fully saturated rings. The van der Waals surface area contributed by atoms with E-state index in [4.69, 9.17) is 32.5 Å². The minimum Gasteiger partial charge on any atom is -0.449 e. The third kappa shape index (κ3) is 4.52. The quantitative estimate of drug-likeness (QED) is 0.787. The fourth-order valence-corrected chi connectivity index (χ4v) is 2.88. The predicted octanol–water partition coefficient (Wildman–Crippen LogP) is 4.02. The minimum absolute atomic E-state index is 0.230. The average Bonchev–Trinajstić information content (AvgIpc) is 2.85. The van der Waals surface area contributed by atoms with Gasteiger partial charge in [0.2, 0.25) is 0 Å². The summed E-state index contributed by atoms with van der Waals surface area (Å²) in [6.07, 6.45) is -0.991. The van der Waals surface area contributed by atoms with Gasteiger partial charge < -0.3 is 14.6 Å². The first kappa shape index (κ1) is 19.3. The van der Waals surface area contributed by atoms with E-state index in [2.05, 4.69) is 10.5 Å². The summed E-state index contributed by atoms with van der Waals surface area (Å²) in [5, 5.41) is 7.40. The lowest BCUT2D eigenvalue weighted by molar-refractivity contribution is -0.129. The first-order valence-electron chi connectivity index (χ1n) is 7.60. The number of aryl methyl sites for hydroxylation is 2. The monoisotopic (exact) mass is 384 g/mol. The zero-order valence-corrected chi connectivity index (χ0v) is 15.7. The summed E-state index contributed by atoms with van der Waals surface area (Å²) in [4.78, 5) is 24.5. The van der Waals surface area contributed by atoms with Crippen LogP contribution in [0.1, 0.15) is 47.3 Å². The number of hydrogen-bond acceptors (Lipinski definition) is 5. The van der Waals surface area contributed by atoms with E-state index >= 15 is 0 Å². The second-order valence-corrected chi connectivity index (χ2v) is 6.49. The largest absolute Gasteiger partial charge is 0.449 e. The van der Waals surface area contributed by atoms with Gasteiger partial charge >= 0.3 is 5.97 Å². The molecule has 2 atom stereocenters. The molecule has 1 amide bonds. The van der Waals surface area contributed by atoms with E-state index < -0.39 is 18.0 Å². The van der Waals surface area contributed by atoms with Gasteiger partial charge in [0.05, 0.1) is 11.7 Å². The summed E-state index contributed by atoms with van der Waals surface area (Å²) in [6, 6.07) is 4.64. The SMILES string of the molecule is Cc1noc(C)c1C(=O)O[C@@H](C)C(=O)N[C@@H](C)c1ccc(Cl)cc1Cl. The van der Waals surface area contributed by atoms with Crippen molar-refractivity contribution < 1.29 is 18.8 Å². The molecule has 0 spiro atoms. The zero-order valence-electron chi connectivity index (χ0n) is 14.2. The van der Waals surface area contributed by atoms with Gasteiger partial charge in [-0.25, -0.2) is 4.79 Å². The molecular formula is C17H18Cl2N2O4. The predicted molar refractivity (Wildman–Crippen MR) is 93.9 cm³/mol. The highest BCUT2D eigenvalue weighted by molar-refractivity contribution is 6.35. The number of amides is 1. The average molecular weight is 385 g/mol. The van der Waals surface area contributed by atoms with Crippen molar-refractivity contribution in [3.63, 3.8) is 0 Å². The molecular weight excluding hydrogens is 367 g/mol. The Labute approximate surface area is 155 Å². The van der Waals surface area contributed by atoms with Crippen LogP contribution in [0.2, 0.25) is 10.0 Å². The first-order valence-corrected chi connectivity index (χ1v) is 8.35. The van der Waals surface area contributed by atoms with E-state index in [0.717, 1.165) is 0 Å². The van der Waals surface area contributed by atoms with Crippen LogP contribution in [-0.2, 0) is 9.53 Å². The molecule has 1 N–H and O–H groups in total. The lowest BCUT2D eigenvalue weighted by atomic mass is 10.1. The van der Waals surface area contributed by atoms with Gasteiger partial charge in [0.15, 0.2) is 6.10 Å². The Morgan fingerprint density at radius 3 is 2.48 bits per heavy atom. The number of carbonyl (C=O) groups is 2. The Bertz CT molecular complexity index is 784. The molecule has 2 rings (SSSR count). The van der Waals surface area contributed by atoms with E-state index in [-0.39, 0.29) is 11.6 Å². The van der Waals surface area contributed by atoms with Crippen LogP contribution in [0.3, 0.4) is 0 Å². The maximum Gasteiger partial charge on any atom is 0.344 e. The standard InChI is InChI=1S/C17H18Cl2N2O4/c1-8(13-6-5-12(18)7-14(13)19)20-16(22)11(4)24-17(23)15-9(2)21-25-10(15)3/h5-8,11H,1-4H3,(H,20,22)/t8-,11-/m0/s1. The van der Waals surface area contributed by atoms with Crippen LogP contribution in [0, 0.1) is 13.8 Å². The lowest BCUT2D eigenvalue weighted by Crippen LogP contribution is -2.37. The van der Waals surface area contributed by atoms with Gasteiger partial charge in [-0.15, -0.1) is 0 Å². The van der Waals surface area contributed by atoms with Gasteiger partial charge in [0, 0.05) is 10.0 Å². The topological polar surface area (TPSA) is 81.4 Å². The van der Waals surface area contributed by atoms with Crippen LogP contribution in [0.15, 0.2) is 22.7 Å². The molecule has 2 aromatic rings. The molecule has 1 aromatic carbocycles. The van der Waals surface area contributed by atoms with Crippen molar-refractivity contribution in [1.29, 1.82) is 0 Å². The summed E-state index contributed by atoms with van der Waals surface area (Å²) in [5.41, 5.74) is 1.36. The Morgan fingerprint density at radius 1 is 1.24 bits per heavy atom. The van der Waals surface area contributed by atoms with Gasteiger partial charge in [-0.3, -0.25) is 4.79 Å². The van der Waals surface area contributed by atoms with Crippen LogP contribution in [0.25, 0.3) is 0 Å². The molecule has 0 unspecified atom stereocenters. The molecule has 1 aromatic heterocycles. The van der Waals surface area contributed by atoms with Crippen molar-refractivity contribution in [2.45, 2.75) is 39.8 Å². The third-order valence-electron chi connectivity index (χ3n) is 3.68. The van der Waals surface area contributed by atoms with Crippen molar-refractivity contribution in [1.82, 2.24) is 10.5 Å². The molecule has 0 aliphatic carbocycles. The smallest absolute Gasteiger partial charge is 0.344 e. The highest BCUT2D eigenvalue weighted by atomic mass is 35.5. The number of carbonyl (C=O) groups excluding carboxylic acids is 2. The second kappa shape index (κ2) is 7.89. The molecule has 0 saturated carbocycles. The van der Waals surface area contributed by atoms with Crippen molar-refractivity contribution in [2.75, 3.05) is 0 Å². The molecule has 6 nitrogen and oxygen atoms in total. The third-order valence-corrected chi connectivity index (χ3v) is 4.24. The Kier molecular flexibility index (Phi) is 6.08. The molecule has 0 radical (unpaired) electrons. The van der Waals surface area contributed by atoms with Crippen LogP contribution >= 0.6 is 23.2 Å². The van der Waals surface area contributed by atoms with E-state index in [0.29, 0.717) is 27.1 Å². The molecule has 8 heteroatoms. The Balaban J connectivity index is 2.01. The fraction of sp³-hybridized carbons (Fsp3) is 0.353. The maximum absolute atomic E-state index is 12.3. The van der Waals surface area contributed by atoms with Gasteiger partial charge in [0.25, 0.3) is 5.91 Å². The van der Waals surface area contributed by atoms with Crippen molar-refractivity contribution in [3.05, 3.63) is 50.8 Å². The number of nitrogens with zero attached hydrogens (tertiary/aromatic N) is 1. The summed E-state index contributed by atoms with van der Waals surface area (Å²) >= 11 is 12.0. The van der Waals surface area contributed by atoms with E-state index in [9.17, 15) is 9.59 Å². The normalized spacial score (nSPS) is 13.2. The van der Waals surface area contributed by atoms with Crippen LogP contribution in [0.4, 0.5) is 0 Å². The molecule has 0 aliphatic rings. The summed E-state index contributed by atoms with van der Waals surface area (Å²) in [6.45, 7) is 6.49. The van der Waals surface area contributed by atoms with E-state index in [1.165, 1.54) is 6.92 Å². The Morgan fingerprint density at radius 2 is 1.92 bits per heavy atom. The van der Waals surface area contributed by atoms with Crippen LogP contribution in [-0.4, -0.2) is 23.1 Å². The first-order chi connectivity index (χ1) is 11.7. The van der Waals surface area contributed by atoms with Gasteiger partial charge in [-0.1, -0.05) is 34.4 Å². The maximum atomic E-state index is 12.3. The molecule has 25 heavy (non-hydrogen) atoms. The highest BCUT2D eigenvalue weighted by Gasteiger charge is 2.25. The number of esters is 1. The number of ether oxygens (including phenoxy) is 1. The number of halogens is 2. The van der Waals surface area contributed by atoms with E-state index in [1.807, 2.05) is 0 Å². The van der Waals surface area contributed by atoms with Crippen molar-refractivity contribution in [3.8, 4) is 0 Å². The summed E-state index contributed by atoms with van der Waals surface area (Å²) < 4.78 is 10.1. The molecule has 1 heterocycles. The van der Waals surface area contributed by atoms with Crippen molar-refractivity contribution in [2.24, 2.45) is 0 Å². The number of aromatic nitrogens is 1. The van der Waals surface area contributed by atoms with E-state index in [1.54, 1.807) is 39.0 Å². The molecule has 0 aliphatic heterocycles. The van der Waals surface area contributed by atoms with Crippen LogP contribution < -0.4 is 5.32 Å². The van der Waals surface area contributed by atoms with Crippen LogP contribution in [0.5, 0.6) is 0 Å². The van der Waals surface area contributed by atoms with Gasteiger partial charge in [-0.2, -0.15) is 0 Å². The highest BCUT2D eigenvalue weighted by Crippen LogP contribution is 2.26. The zero-order chi connectivity index (χ0) is 18.7. The number of hydrogen-bond donors (Lipinski definition) is 1. The fourth-order valence-electron chi connectivity index (χ4n) is 2.31. The minimum atomic E-state index is -0.991. The lowest BCUT2D eigenvalue weighted by Gasteiger charge is -2.19. The molecule has 0 saturated heterocycles. The molecule has 0 bridgehead atoms. The Hall–Kier alpha value is -2.05. The second-order valence-electron chi connectivity index (χ2n) is 5.64.